The molecule has 1 aromatic carbocycles. The molecule has 1 amide bonds. The van der Waals surface area contributed by atoms with Gasteiger partial charge in [0, 0.05) is 5.56 Å². The zero-order valence-corrected chi connectivity index (χ0v) is 8.28. The predicted octanol–water partition coefficient (Wildman–Crippen LogP) is -0.0365. The van der Waals surface area contributed by atoms with E-state index in [1.54, 1.807) is 18.2 Å². The first-order valence-corrected chi connectivity index (χ1v) is 4.49. The molecule has 0 aliphatic rings. The maximum Gasteiger partial charge on any atom is 0.331 e. The summed E-state index contributed by atoms with van der Waals surface area (Å²) in [6.45, 7) is -0.857. The van der Waals surface area contributed by atoms with Gasteiger partial charge in [-0.15, -0.1) is 0 Å². The molecule has 6 nitrogen and oxygen atoms in total. The minimum atomic E-state index is -1.66. The van der Waals surface area contributed by atoms with Crippen LogP contribution in [0.4, 0.5) is 0 Å². The zero-order chi connectivity index (χ0) is 12.1. The molecular formula is C10H11NO5. The number of aliphatic hydroxyl groups excluding tert-OH is 1. The van der Waals surface area contributed by atoms with Crippen molar-refractivity contribution in [2.45, 2.75) is 6.04 Å². The standard InChI is InChI=1S/C10H11NO5/c12-6-8(10(14)15)11(16)9(13)7-4-2-1-3-5-7/h1-5,8,12,16H,6H2,(H,14,15). The molecular weight excluding hydrogens is 214 g/mol. The van der Waals surface area contributed by atoms with Crippen LogP contribution in [-0.2, 0) is 4.79 Å². The molecule has 0 aliphatic carbocycles. The van der Waals surface area contributed by atoms with E-state index in [9.17, 15) is 14.8 Å². The van der Waals surface area contributed by atoms with Crippen molar-refractivity contribution in [1.29, 1.82) is 0 Å². The summed E-state index contributed by atoms with van der Waals surface area (Å²) in [7, 11) is 0. The number of amides is 1. The van der Waals surface area contributed by atoms with Crippen molar-refractivity contribution in [2.75, 3.05) is 6.61 Å². The summed E-state index contributed by atoms with van der Waals surface area (Å²) >= 11 is 0. The second-order valence-electron chi connectivity index (χ2n) is 3.05. The number of aliphatic carboxylic acids is 1. The van der Waals surface area contributed by atoms with Crippen molar-refractivity contribution in [2.24, 2.45) is 0 Å². The first-order chi connectivity index (χ1) is 7.57. The molecule has 1 atom stereocenters. The lowest BCUT2D eigenvalue weighted by Crippen LogP contribution is -2.45. The van der Waals surface area contributed by atoms with E-state index in [1.807, 2.05) is 0 Å². The second kappa shape index (κ2) is 5.24. The molecule has 6 heteroatoms. The third kappa shape index (κ3) is 2.56. The number of nitrogens with zero attached hydrogens (tertiary/aromatic N) is 1. The van der Waals surface area contributed by atoms with Crippen LogP contribution >= 0.6 is 0 Å². The van der Waals surface area contributed by atoms with E-state index in [1.165, 1.54) is 12.1 Å². The van der Waals surface area contributed by atoms with Crippen molar-refractivity contribution in [3.8, 4) is 0 Å². The highest BCUT2D eigenvalue weighted by molar-refractivity contribution is 5.95. The Kier molecular flexibility index (Phi) is 3.98. The number of carbonyl (C=O) groups is 2. The largest absolute Gasteiger partial charge is 0.480 e. The number of carboxylic acid groups (broad SMARTS) is 1. The molecule has 86 valence electrons. The number of hydroxylamine groups is 2. The van der Waals surface area contributed by atoms with Gasteiger partial charge >= 0.3 is 5.97 Å². The fourth-order valence-electron chi connectivity index (χ4n) is 1.11. The number of benzene rings is 1. The molecule has 0 aliphatic heterocycles. The number of rotatable bonds is 4. The van der Waals surface area contributed by atoms with Gasteiger partial charge in [-0.2, -0.15) is 0 Å². The van der Waals surface area contributed by atoms with Gasteiger partial charge < -0.3 is 10.2 Å². The van der Waals surface area contributed by atoms with Crippen LogP contribution in [0.5, 0.6) is 0 Å². The highest BCUT2D eigenvalue weighted by atomic mass is 16.5. The molecule has 0 saturated carbocycles. The maximum atomic E-state index is 11.6. The minimum Gasteiger partial charge on any atom is -0.480 e. The van der Waals surface area contributed by atoms with Gasteiger partial charge in [-0.3, -0.25) is 10.0 Å². The second-order valence-corrected chi connectivity index (χ2v) is 3.05. The Labute approximate surface area is 91.3 Å². The van der Waals surface area contributed by atoms with Crippen LogP contribution in [0.25, 0.3) is 0 Å². The van der Waals surface area contributed by atoms with Gasteiger partial charge in [0.05, 0.1) is 6.61 Å². The highest BCUT2D eigenvalue weighted by Crippen LogP contribution is 2.06. The molecule has 0 bridgehead atoms. The van der Waals surface area contributed by atoms with Crippen molar-refractivity contribution in [3.05, 3.63) is 35.9 Å². The van der Waals surface area contributed by atoms with E-state index in [4.69, 9.17) is 10.2 Å². The van der Waals surface area contributed by atoms with E-state index in [0.717, 1.165) is 0 Å². The Hall–Kier alpha value is -1.92. The first kappa shape index (κ1) is 12.2. The highest BCUT2D eigenvalue weighted by Gasteiger charge is 2.28. The zero-order valence-electron chi connectivity index (χ0n) is 8.28. The van der Waals surface area contributed by atoms with E-state index >= 15 is 0 Å². The molecule has 16 heavy (non-hydrogen) atoms. The molecule has 0 spiro atoms. The Morgan fingerprint density at radius 1 is 1.25 bits per heavy atom. The van der Waals surface area contributed by atoms with Gasteiger partial charge in [0.2, 0.25) is 0 Å². The van der Waals surface area contributed by atoms with E-state index < -0.39 is 24.5 Å². The lowest BCUT2D eigenvalue weighted by Gasteiger charge is -2.20. The van der Waals surface area contributed by atoms with Gasteiger partial charge in [0.15, 0.2) is 6.04 Å². The Balaban J connectivity index is 2.86. The number of hydrogen-bond donors (Lipinski definition) is 3. The minimum absolute atomic E-state index is 0.0116. The Morgan fingerprint density at radius 2 is 1.81 bits per heavy atom. The smallest absolute Gasteiger partial charge is 0.331 e. The van der Waals surface area contributed by atoms with Crippen LogP contribution < -0.4 is 0 Å². The van der Waals surface area contributed by atoms with Gasteiger partial charge in [0.1, 0.15) is 0 Å². The quantitative estimate of drug-likeness (QED) is 0.493. The normalized spacial score (nSPS) is 11.9. The molecule has 0 aromatic heterocycles. The Bertz CT molecular complexity index is 378. The molecule has 1 rings (SSSR count). The number of carboxylic acids is 1. The van der Waals surface area contributed by atoms with E-state index in [2.05, 4.69) is 0 Å². The number of hydrogen-bond acceptors (Lipinski definition) is 4. The van der Waals surface area contributed by atoms with Crippen molar-refractivity contribution >= 4 is 11.9 Å². The van der Waals surface area contributed by atoms with Crippen molar-refractivity contribution < 1.29 is 25.0 Å². The lowest BCUT2D eigenvalue weighted by molar-refractivity contribution is -0.161. The third-order valence-electron chi connectivity index (χ3n) is 1.98. The summed E-state index contributed by atoms with van der Waals surface area (Å²) in [5.74, 6) is -2.35. The summed E-state index contributed by atoms with van der Waals surface area (Å²) in [6, 6.07) is 6.04. The van der Waals surface area contributed by atoms with Gasteiger partial charge in [-0.1, -0.05) is 18.2 Å². The Morgan fingerprint density at radius 3 is 2.25 bits per heavy atom. The molecule has 0 radical (unpaired) electrons. The SMILES string of the molecule is O=C(O)C(CO)N(O)C(=O)c1ccccc1. The average Bonchev–Trinajstić information content (AvgIpc) is 2.29. The molecule has 3 N–H and O–H groups in total. The van der Waals surface area contributed by atoms with Crippen molar-refractivity contribution in [1.82, 2.24) is 5.06 Å². The number of carbonyl (C=O) groups excluding carboxylic acids is 1. The van der Waals surface area contributed by atoms with E-state index in [-0.39, 0.29) is 10.6 Å². The molecule has 1 unspecified atom stereocenters. The summed E-state index contributed by atoms with van der Waals surface area (Å²) in [4.78, 5) is 22.1. The van der Waals surface area contributed by atoms with Crippen LogP contribution in [0.1, 0.15) is 10.4 Å². The van der Waals surface area contributed by atoms with Gasteiger partial charge in [-0.05, 0) is 12.1 Å². The van der Waals surface area contributed by atoms with Crippen LogP contribution in [0.2, 0.25) is 0 Å². The molecule has 0 saturated heterocycles. The average molecular weight is 225 g/mol. The summed E-state index contributed by atoms with van der Waals surface area (Å²) in [5.41, 5.74) is 0.143. The van der Waals surface area contributed by atoms with Gasteiger partial charge in [0.25, 0.3) is 5.91 Å². The van der Waals surface area contributed by atoms with Crippen LogP contribution in [-0.4, -0.2) is 45.0 Å². The van der Waals surface area contributed by atoms with Crippen LogP contribution in [0.3, 0.4) is 0 Å². The maximum absolute atomic E-state index is 11.6. The van der Waals surface area contributed by atoms with Crippen LogP contribution in [0.15, 0.2) is 30.3 Å². The predicted molar refractivity (Wildman–Crippen MR) is 52.9 cm³/mol. The number of aliphatic hydroxyl groups is 1. The molecule has 1 aromatic rings. The molecule has 0 heterocycles. The summed E-state index contributed by atoms with van der Waals surface area (Å²) in [6.07, 6.45) is 0. The lowest BCUT2D eigenvalue weighted by atomic mass is 10.2. The van der Waals surface area contributed by atoms with Crippen molar-refractivity contribution in [3.63, 3.8) is 0 Å². The first-order valence-electron chi connectivity index (χ1n) is 4.49. The summed E-state index contributed by atoms with van der Waals surface area (Å²) in [5, 5.41) is 26.7. The fourth-order valence-corrected chi connectivity index (χ4v) is 1.11. The molecule has 0 fully saturated rings. The summed E-state index contributed by atoms with van der Waals surface area (Å²) < 4.78 is 0. The monoisotopic (exact) mass is 225 g/mol. The van der Waals surface area contributed by atoms with E-state index in [0.29, 0.717) is 0 Å². The topological polar surface area (TPSA) is 98.1 Å². The third-order valence-corrected chi connectivity index (χ3v) is 1.98. The van der Waals surface area contributed by atoms with Crippen LogP contribution in [0, 0.1) is 0 Å². The fraction of sp³-hybridized carbons (Fsp3) is 0.200. The van der Waals surface area contributed by atoms with Gasteiger partial charge in [-0.25, -0.2) is 9.86 Å².